The molecule has 6 heteroatoms. The molecule has 0 aromatic heterocycles. The molecule has 2 rings (SSSR count). The summed E-state index contributed by atoms with van der Waals surface area (Å²) in [6, 6.07) is 8.03. The summed E-state index contributed by atoms with van der Waals surface area (Å²) in [5.41, 5.74) is 0. The third kappa shape index (κ3) is 4.48. The van der Waals surface area contributed by atoms with Crippen LogP contribution < -0.4 is 5.32 Å². The van der Waals surface area contributed by atoms with E-state index in [9.17, 15) is 9.59 Å². The number of nitrogens with one attached hydrogen (secondary N) is 1. The number of carboxylic acids is 1. The highest BCUT2D eigenvalue weighted by Crippen LogP contribution is 2.34. The number of aliphatic carboxylic acids is 1. The van der Waals surface area contributed by atoms with Crippen LogP contribution in [0.4, 0.5) is 0 Å². The van der Waals surface area contributed by atoms with Crippen LogP contribution in [0.2, 0.25) is 0 Å². The van der Waals surface area contributed by atoms with Crippen LogP contribution in [0, 0.1) is 11.8 Å². The molecule has 1 fully saturated rings. The van der Waals surface area contributed by atoms with Crippen molar-refractivity contribution < 1.29 is 14.7 Å². The highest BCUT2D eigenvalue weighted by Gasteiger charge is 2.41. The lowest BCUT2D eigenvalue weighted by Gasteiger charge is -2.32. The van der Waals surface area contributed by atoms with Crippen LogP contribution in [0.1, 0.15) is 19.8 Å². The van der Waals surface area contributed by atoms with Gasteiger partial charge in [0.15, 0.2) is 0 Å². The minimum Gasteiger partial charge on any atom is -0.481 e. The van der Waals surface area contributed by atoms with Crippen molar-refractivity contribution in [1.82, 2.24) is 5.32 Å². The van der Waals surface area contributed by atoms with Crippen molar-refractivity contribution in [1.29, 1.82) is 0 Å². The molecule has 1 saturated carbocycles. The quantitative estimate of drug-likeness (QED) is 0.753. The van der Waals surface area contributed by atoms with Gasteiger partial charge in [-0.25, -0.2) is 0 Å². The molecule has 0 saturated heterocycles. The van der Waals surface area contributed by atoms with Crippen molar-refractivity contribution in [3.8, 4) is 0 Å². The van der Waals surface area contributed by atoms with Gasteiger partial charge >= 0.3 is 5.97 Å². The fourth-order valence-electron chi connectivity index (χ4n) is 2.27. The van der Waals surface area contributed by atoms with E-state index in [0.717, 1.165) is 9.37 Å². The lowest BCUT2D eigenvalue weighted by molar-refractivity contribution is -0.152. The van der Waals surface area contributed by atoms with E-state index in [4.69, 9.17) is 5.11 Å². The Bertz CT molecular complexity index is 520. The standard InChI is InChI=1S/C15H18BrNO3S/c1-9(21-11-4-2-10(16)3-5-11)8-17-14(18)12-6-7-13(12)15(19)20/h2-5,9,12-13H,6-8H2,1H3,(H,17,18)(H,19,20). The molecule has 1 aliphatic rings. The number of rotatable bonds is 6. The number of hydrogen-bond donors (Lipinski definition) is 2. The minimum absolute atomic E-state index is 0.128. The van der Waals surface area contributed by atoms with Gasteiger partial charge in [0.2, 0.25) is 5.91 Å². The SMILES string of the molecule is CC(CNC(=O)C1CCC1C(=O)O)Sc1ccc(Br)cc1. The zero-order valence-corrected chi connectivity index (χ0v) is 14.1. The van der Waals surface area contributed by atoms with Crippen LogP contribution in [0.5, 0.6) is 0 Å². The van der Waals surface area contributed by atoms with Crippen molar-refractivity contribution in [2.24, 2.45) is 11.8 Å². The molecule has 0 spiro atoms. The van der Waals surface area contributed by atoms with Gasteiger partial charge in [-0.05, 0) is 37.1 Å². The van der Waals surface area contributed by atoms with Crippen molar-refractivity contribution >= 4 is 39.6 Å². The first-order chi connectivity index (χ1) is 9.97. The average molecular weight is 372 g/mol. The smallest absolute Gasteiger partial charge is 0.307 e. The van der Waals surface area contributed by atoms with E-state index in [2.05, 4.69) is 21.2 Å². The Kier molecular flexibility index (Phi) is 5.70. The molecule has 3 unspecified atom stereocenters. The van der Waals surface area contributed by atoms with Crippen LogP contribution in [-0.2, 0) is 9.59 Å². The molecule has 4 nitrogen and oxygen atoms in total. The van der Waals surface area contributed by atoms with Gasteiger partial charge in [0.05, 0.1) is 11.8 Å². The third-order valence-electron chi connectivity index (χ3n) is 3.64. The van der Waals surface area contributed by atoms with E-state index >= 15 is 0 Å². The molecule has 1 aromatic rings. The van der Waals surface area contributed by atoms with Gasteiger partial charge in [-0.2, -0.15) is 0 Å². The van der Waals surface area contributed by atoms with Gasteiger partial charge in [-0.1, -0.05) is 22.9 Å². The molecule has 0 aliphatic heterocycles. The van der Waals surface area contributed by atoms with Crippen molar-refractivity contribution in [3.63, 3.8) is 0 Å². The first-order valence-electron chi connectivity index (χ1n) is 6.90. The molecule has 1 amide bonds. The highest BCUT2D eigenvalue weighted by atomic mass is 79.9. The van der Waals surface area contributed by atoms with E-state index in [1.807, 2.05) is 31.2 Å². The number of carboxylic acid groups (broad SMARTS) is 1. The molecular formula is C15H18BrNO3S. The van der Waals surface area contributed by atoms with E-state index in [-0.39, 0.29) is 17.1 Å². The predicted octanol–water partition coefficient (Wildman–Crippen LogP) is 3.16. The summed E-state index contributed by atoms with van der Waals surface area (Å²) in [5.74, 6) is -1.84. The van der Waals surface area contributed by atoms with Gasteiger partial charge in [0.25, 0.3) is 0 Å². The number of amides is 1. The Morgan fingerprint density at radius 1 is 1.33 bits per heavy atom. The monoisotopic (exact) mass is 371 g/mol. The Morgan fingerprint density at radius 2 is 1.95 bits per heavy atom. The summed E-state index contributed by atoms with van der Waals surface area (Å²) in [4.78, 5) is 24.0. The zero-order chi connectivity index (χ0) is 15.4. The molecule has 0 radical (unpaired) electrons. The molecule has 21 heavy (non-hydrogen) atoms. The van der Waals surface area contributed by atoms with Gasteiger partial charge in [-0.3, -0.25) is 9.59 Å². The summed E-state index contributed by atoms with van der Waals surface area (Å²) in [6.45, 7) is 2.59. The molecular weight excluding hydrogens is 354 g/mol. The van der Waals surface area contributed by atoms with E-state index < -0.39 is 11.9 Å². The van der Waals surface area contributed by atoms with Crippen molar-refractivity contribution in [2.45, 2.75) is 29.9 Å². The van der Waals surface area contributed by atoms with Crippen LogP contribution in [0.25, 0.3) is 0 Å². The second-order valence-electron chi connectivity index (χ2n) is 5.26. The van der Waals surface area contributed by atoms with Crippen molar-refractivity contribution in [3.05, 3.63) is 28.7 Å². The Morgan fingerprint density at radius 3 is 2.48 bits per heavy atom. The number of thioether (sulfide) groups is 1. The molecule has 3 atom stereocenters. The van der Waals surface area contributed by atoms with Gasteiger partial charge < -0.3 is 10.4 Å². The maximum atomic E-state index is 12.0. The Balaban J connectivity index is 1.76. The van der Waals surface area contributed by atoms with Crippen LogP contribution in [0.15, 0.2) is 33.6 Å². The maximum Gasteiger partial charge on any atom is 0.307 e. The zero-order valence-electron chi connectivity index (χ0n) is 11.7. The van der Waals surface area contributed by atoms with Crippen LogP contribution in [0.3, 0.4) is 0 Å². The summed E-state index contributed by atoms with van der Waals surface area (Å²) in [6.07, 6.45) is 1.29. The van der Waals surface area contributed by atoms with Gasteiger partial charge in [0.1, 0.15) is 0 Å². The van der Waals surface area contributed by atoms with E-state index in [1.54, 1.807) is 11.8 Å². The number of carbonyl (C=O) groups excluding carboxylic acids is 1. The molecule has 2 N–H and O–H groups in total. The second kappa shape index (κ2) is 7.31. The fourth-order valence-corrected chi connectivity index (χ4v) is 3.46. The predicted molar refractivity (Wildman–Crippen MR) is 86.3 cm³/mol. The van der Waals surface area contributed by atoms with Crippen molar-refractivity contribution in [2.75, 3.05) is 6.54 Å². The second-order valence-corrected chi connectivity index (χ2v) is 7.68. The van der Waals surface area contributed by atoms with Gasteiger partial charge in [-0.15, -0.1) is 11.8 Å². The maximum absolute atomic E-state index is 12.0. The topological polar surface area (TPSA) is 66.4 Å². The van der Waals surface area contributed by atoms with E-state index in [1.165, 1.54) is 0 Å². The number of benzene rings is 1. The average Bonchev–Trinajstić information content (AvgIpc) is 2.37. The highest BCUT2D eigenvalue weighted by molar-refractivity contribution is 9.10. The fraction of sp³-hybridized carbons (Fsp3) is 0.467. The summed E-state index contributed by atoms with van der Waals surface area (Å²) in [7, 11) is 0. The van der Waals surface area contributed by atoms with Crippen LogP contribution >= 0.6 is 27.7 Å². The van der Waals surface area contributed by atoms with E-state index in [0.29, 0.717) is 19.4 Å². The molecule has 0 bridgehead atoms. The minimum atomic E-state index is -0.862. The number of carbonyl (C=O) groups is 2. The lowest BCUT2D eigenvalue weighted by atomic mass is 9.73. The normalized spacial score (nSPS) is 22.2. The summed E-state index contributed by atoms with van der Waals surface area (Å²) in [5, 5.41) is 12.1. The van der Waals surface area contributed by atoms with Gasteiger partial charge in [0, 0.05) is 21.2 Å². The lowest BCUT2D eigenvalue weighted by Crippen LogP contribution is -2.45. The number of halogens is 1. The molecule has 114 valence electrons. The summed E-state index contributed by atoms with van der Waals surface area (Å²) >= 11 is 5.08. The first-order valence-corrected chi connectivity index (χ1v) is 8.57. The molecule has 1 aliphatic carbocycles. The number of hydrogen-bond acceptors (Lipinski definition) is 3. The summed E-state index contributed by atoms with van der Waals surface area (Å²) < 4.78 is 1.04. The first kappa shape index (κ1) is 16.4. The Hall–Kier alpha value is -1.01. The Labute approximate surface area is 136 Å². The van der Waals surface area contributed by atoms with Crippen LogP contribution in [-0.4, -0.2) is 28.8 Å². The third-order valence-corrected chi connectivity index (χ3v) is 5.29. The molecule has 1 aromatic carbocycles. The molecule has 0 heterocycles. The largest absolute Gasteiger partial charge is 0.481 e.